The fourth-order valence-corrected chi connectivity index (χ4v) is 4.77. The van der Waals surface area contributed by atoms with Crippen molar-refractivity contribution in [3.63, 3.8) is 0 Å². The van der Waals surface area contributed by atoms with Crippen LogP contribution in [-0.2, 0) is 4.79 Å². The lowest BCUT2D eigenvalue weighted by molar-refractivity contribution is -0.121. The first kappa shape index (κ1) is 24.2. The molecule has 0 bridgehead atoms. The van der Waals surface area contributed by atoms with E-state index in [1.807, 2.05) is 26.0 Å². The van der Waals surface area contributed by atoms with Gasteiger partial charge in [-0.25, -0.2) is 0 Å². The van der Waals surface area contributed by atoms with E-state index in [2.05, 4.69) is 12.6 Å². The third-order valence-corrected chi connectivity index (χ3v) is 6.19. The number of amides is 1. The zero-order valence-corrected chi connectivity index (χ0v) is 20.5. The summed E-state index contributed by atoms with van der Waals surface area (Å²) in [7, 11) is 1.54. The smallest absolute Gasteiger partial charge is 0.266 e. The summed E-state index contributed by atoms with van der Waals surface area (Å²) in [5, 5.41) is 0.378. The summed E-state index contributed by atoms with van der Waals surface area (Å²) in [5.41, 5.74) is 3.00. The lowest BCUT2D eigenvalue weighted by atomic mass is 10.1. The van der Waals surface area contributed by atoms with E-state index in [9.17, 15) is 4.79 Å². The lowest BCUT2D eigenvalue weighted by Gasteiger charge is -2.14. The molecule has 0 unspecified atom stereocenters. The minimum atomic E-state index is -0.154. The Kier molecular flexibility index (Phi) is 8.23. The molecule has 0 atom stereocenters. The van der Waals surface area contributed by atoms with Crippen molar-refractivity contribution in [3.05, 3.63) is 69.6 Å². The molecule has 1 amide bonds. The highest BCUT2D eigenvalue weighted by molar-refractivity contribution is 8.26. The maximum absolute atomic E-state index is 12.5. The first-order valence-electron chi connectivity index (χ1n) is 9.90. The predicted octanol–water partition coefficient (Wildman–Crippen LogP) is 5.81. The van der Waals surface area contributed by atoms with Gasteiger partial charge in [0.2, 0.25) is 0 Å². The average molecular weight is 490 g/mol. The van der Waals surface area contributed by atoms with Crippen LogP contribution < -0.4 is 14.2 Å². The highest BCUT2D eigenvalue weighted by Crippen LogP contribution is 2.39. The van der Waals surface area contributed by atoms with E-state index in [0.717, 1.165) is 16.9 Å². The van der Waals surface area contributed by atoms with Crippen molar-refractivity contribution in [2.24, 2.45) is 0 Å². The maximum atomic E-state index is 12.5. The number of rotatable bonds is 9. The average Bonchev–Trinajstić information content (AvgIpc) is 2.99. The van der Waals surface area contributed by atoms with Gasteiger partial charge in [0.1, 0.15) is 23.3 Å². The second kappa shape index (κ2) is 10.9. The molecule has 0 radical (unpaired) electrons. The number of hydrogen-bond donors (Lipinski definition) is 0. The standard InChI is InChI=1S/C24H24ClNO4S2/c1-5-6-26-23(27)21(32-24(26)31)14-17-12-19(25)22(20(13-17)28-4)30-8-7-29-18-10-15(2)9-16(3)11-18/h5,9-14H,1,6-8H2,2-4H3/b21-14-. The van der Waals surface area contributed by atoms with E-state index in [4.69, 9.17) is 38.0 Å². The van der Waals surface area contributed by atoms with Crippen LogP contribution in [-0.4, -0.2) is 42.0 Å². The SMILES string of the molecule is C=CCN1C(=O)/C(=C/c2cc(Cl)c(OCCOc3cc(C)cc(C)c3)c(OC)c2)SC1=S. The van der Waals surface area contributed by atoms with E-state index < -0.39 is 0 Å². The van der Waals surface area contributed by atoms with Crippen LogP contribution in [0.1, 0.15) is 16.7 Å². The summed E-state index contributed by atoms with van der Waals surface area (Å²) in [6.45, 7) is 8.75. The first-order valence-corrected chi connectivity index (χ1v) is 11.5. The Labute approximate surface area is 203 Å². The molecule has 2 aromatic carbocycles. The Morgan fingerprint density at radius 1 is 1.12 bits per heavy atom. The minimum absolute atomic E-state index is 0.154. The van der Waals surface area contributed by atoms with Crippen LogP contribution in [0.25, 0.3) is 6.08 Å². The number of carbonyl (C=O) groups is 1. The molecule has 1 fully saturated rings. The Bertz CT molecular complexity index is 1060. The number of aryl methyl sites for hydroxylation is 2. The summed E-state index contributed by atoms with van der Waals surface area (Å²) < 4.78 is 17.6. The van der Waals surface area contributed by atoms with E-state index in [1.54, 1.807) is 24.3 Å². The van der Waals surface area contributed by atoms with Gasteiger partial charge < -0.3 is 14.2 Å². The van der Waals surface area contributed by atoms with Crippen LogP contribution in [0.5, 0.6) is 17.2 Å². The van der Waals surface area contributed by atoms with Crippen LogP contribution in [0.4, 0.5) is 0 Å². The van der Waals surface area contributed by atoms with Crippen LogP contribution in [0.3, 0.4) is 0 Å². The Morgan fingerprint density at radius 3 is 2.47 bits per heavy atom. The predicted molar refractivity (Wildman–Crippen MR) is 135 cm³/mol. The molecule has 1 heterocycles. The van der Waals surface area contributed by atoms with Gasteiger partial charge in [0.15, 0.2) is 11.5 Å². The lowest BCUT2D eigenvalue weighted by Crippen LogP contribution is -2.27. The summed E-state index contributed by atoms with van der Waals surface area (Å²) in [6, 6.07) is 9.55. The number of carbonyl (C=O) groups excluding carboxylic acids is 1. The van der Waals surface area contributed by atoms with Gasteiger partial charge in [0.05, 0.1) is 17.0 Å². The third kappa shape index (κ3) is 5.85. The summed E-state index contributed by atoms with van der Waals surface area (Å²) >= 11 is 13.0. The van der Waals surface area contributed by atoms with Gasteiger partial charge in [0, 0.05) is 6.54 Å². The van der Waals surface area contributed by atoms with Gasteiger partial charge in [-0.05, 0) is 60.9 Å². The van der Waals surface area contributed by atoms with Gasteiger partial charge in [-0.3, -0.25) is 9.69 Å². The highest BCUT2D eigenvalue weighted by atomic mass is 35.5. The molecule has 0 spiro atoms. The quantitative estimate of drug-likeness (QED) is 0.192. The summed E-state index contributed by atoms with van der Waals surface area (Å²) in [4.78, 5) is 14.6. The molecule has 5 nitrogen and oxygen atoms in total. The third-order valence-electron chi connectivity index (χ3n) is 4.53. The number of methoxy groups -OCH3 is 1. The van der Waals surface area contributed by atoms with Crippen molar-refractivity contribution < 1.29 is 19.0 Å². The van der Waals surface area contributed by atoms with Gasteiger partial charge >= 0.3 is 0 Å². The molecular weight excluding hydrogens is 466 g/mol. The number of benzene rings is 2. The molecule has 0 N–H and O–H groups in total. The molecule has 3 rings (SSSR count). The molecule has 1 saturated heterocycles. The fraction of sp³-hybridized carbons (Fsp3) is 0.250. The van der Waals surface area contributed by atoms with Crippen LogP contribution in [0.2, 0.25) is 5.02 Å². The second-order valence-corrected chi connectivity index (χ2v) is 9.22. The molecule has 32 heavy (non-hydrogen) atoms. The van der Waals surface area contributed by atoms with Crippen LogP contribution in [0.15, 0.2) is 47.9 Å². The maximum Gasteiger partial charge on any atom is 0.266 e. The highest BCUT2D eigenvalue weighted by Gasteiger charge is 2.31. The molecule has 168 valence electrons. The molecule has 8 heteroatoms. The Morgan fingerprint density at radius 2 is 1.81 bits per heavy atom. The zero-order chi connectivity index (χ0) is 23.3. The number of nitrogens with zero attached hydrogens (tertiary/aromatic N) is 1. The number of halogens is 1. The van der Waals surface area contributed by atoms with Crippen LogP contribution in [0, 0.1) is 13.8 Å². The van der Waals surface area contributed by atoms with Gasteiger partial charge in [-0.15, -0.1) is 6.58 Å². The monoisotopic (exact) mass is 489 g/mol. The van der Waals surface area contributed by atoms with Gasteiger partial charge in [0.25, 0.3) is 5.91 Å². The van der Waals surface area contributed by atoms with Gasteiger partial charge in [-0.1, -0.05) is 47.7 Å². The Hall–Kier alpha value is -2.48. The van der Waals surface area contributed by atoms with Crippen molar-refractivity contribution in [1.29, 1.82) is 0 Å². The number of ether oxygens (including phenoxy) is 3. The van der Waals surface area contributed by atoms with Crippen molar-refractivity contribution in [2.45, 2.75) is 13.8 Å². The van der Waals surface area contributed by atoms with Crippen molar-refractivity contribution >= 4 is 51.9 Å². The number of thiocarbonyl (C=S) groups is 1. The number of hydrogen-bond acceptors (Lipinski definition) is 6. The Balaban J connectivity index is 1.69. The molecule has 0 aromatic heterocycles. The van der Waals surface area contributed by atoms with Gasteiger partial charge in [-0.2, -0.15) is 0 Å². The molecule has 0 aliphatic carbocycles. The van der Waals surface area contributed by atoms with E-state index >= 15 is 0 Å². The summed E-state index contributed by atoms with van der Waals surface area (Å²) in [6.07, 6.45) is 3.38. The molecule has 1 aliphatic rings. The van der Waals surface area contributed by atoms with Crippen molar-refractivity contribution in [2.75, 3.05) is 26.9 Å². The molecular formula is C24H24ClNO4S2. The molecule has 0 saturated carbocycles. The first-order chi connectivity index (χ1) is 15.3. The topological polar surface area (TPSA) is 48.0 Å². The fourth-order valence-electron chi connectivity index (χ4n) is 3.22. The zero-order valence-electron chi connectivity index (χ0n) is 18.1. The van der Waals surface area contributed by atoms with Crippen LogP contribution >= 0.6 is 35.6 Å². The van der Waals surface area contributed by atoms with Crippen molar-refractivity contribution in [3.8, 4) is 17.2 Å². The van der Waals surface area contributed by atoms with E-state index in [1.165, 1.54) is 23.8 Å². The minimum Gasteiger partial charge on any atom is -0.493 e. The van der Waals surface area contributed by atoms with Crippen molar-refractivity contribution in [1.82, 2.24) is 4.90 Å². The van der Waals surface area contributed by atoms with E-state index in [-0.39, 0.29) is 5.91 Å². The molecule has 2 aromatic rings. The normalized spacial score (nSPS) is 14.8. The second-order valence-electron chi connectivity index (χ2n) is 7.14. The number of thioether (sulfide) groups is 1. The van der Waals surface area contributed by atoms with E-state index in [0.29, 0.717) is 51.1 Å². The molecule has 1 aliphatic heterocycles. The summed E-state index contributed by atoms with van der Waals surface area (Å²) in [5.74, 6) is 1.54. The largest absolute Gasteiger partial charge is 0.493 e.